The van der Waals surface area contributed by atoms with Gasteiger partial charge in [0, 0.05) is 12.6 Å². The second kappa shape index (κ2) is 5.82. The van der Waals surface area contributed by atoms with Gasteiger partial charge in [-0.25, -0.2) is 9.78 Å². The minimum atomic E-state index is -1.24. The molecule has 1 amide bonds. The Kier molecular flexibility index (Phi) is 4.43. The first-order valence-corrected chi connectivity index (χ1v) is 5.43. The van der Waals surface area contributed by atoms with Crippen LogP contribution in [0, 0.1) is 11.3 Å². The molecule has 0 unspecified atom stereocenters. The first-order valence-electron chi connectivity index (χ1n) is 5.43. The zero-order valence-electron chi connectivity index (χ0n) is 10.2. The lowest BCUT2D eigenvalue weighted by Gasteiger charge is -2.25. The highest BCUT2D eigenvalue weighted by atomic mass is 16.4. The molecular weight excluding hydrogens is 236 g/mol. The summed E-state index contributed by atoms with van der Waals surface area (Å²) in [6.07, 6.45) is 1.36. The van der Waals surface area contributed by atoms with E-state index in [1.54, 1.807) is 13.8 Å². The van der Waals surface area contributed by atoms with E-state index in [4.69, 9.17) is 10.4 Å². The van der Waals surface area contributed by atoms with Gasteiger partial charge >= 0.3 is 5.97 Å². The lowest BCUT2D eigenvalue weighted by atomic mass is 10.2. The molecule has 1 heterocycles. The molecule has 1 aromatic heterocycles. The molecule has 7 heteroatoms. The molecule has 0 saturated heterocycles. The average molecular weight is 250 g/mol. The number of carboxylic acid groups (broad SMARTS) is 1. The van der Waals surface area contributed by atoms with Crippen LogP contribution in [0.25, 0.3) is 0 Å². The number of nitrogens with zero attached hydrogens (tertiary/aromatic N) is 3. The van der Waals surface area contributed by atoms with Gasteiger partial charge < -0.3 is 15.0 Å². The molecule has 0 aliphatic rings. The molecular formula is C11H14N4O3. The van der Waals surface area contributed by atoms with Crippen LogP contribution in [0.5, 0.6) is 0 Å². The lowest BCUT2D eigenvalue weighted by molar-refractivity contribution is 0.0653. The van der Waals surface area contributed by atoms with E-state index in [1.807, 2.05) is 6.07 Å². The van der Waals surface area contributed by atoms with E-state index >= 15 is 0 Å². The van der Waals surface area contributed by atoms with Crippen molar-refractivity contribution in [3.05, 3.63) is 17.7 Å². The van der Waals surface area contributed by atoms with E-state index in [9.17, 15) is 9.59 Å². The van der Waals surface area contributed by atoms with Crippen LogP contribution in [0.3, 0.4) is 0 Å². The number of aromatic nitrogens is 2. The summed E-state index contributed by atoms with van der Waals surface area (Å²) in [7, 11) is 0. The molecule has 0 aromatic carbocycles. The van der Waals surface area contributed by atoms with E-state index < -0.39 is 11.9 Å². The standard InChI is InChI=1S/C11H14N4O3/c1-7(2)15(5-3-4-12)10(16)8-9(11(17)18)14-6-13-8/h6-7H,3,5H2,1-2H3,(H,13,14)(H,17,18). The number of aromatic amines is 1. The first-order chi connectivity index (χ1) is 8.49. The fourth-order valence-corrected chi connectivity index (χ4v) is 1.52. The summed E-state index contributed by atoms with van der Waals surface area (Å²) in [6.45, 7) is 3.84. The quantitative estimate of drug-likeness (QED) is 0.805. The van der Waals surface area contributed by atoms with Crippen molar-refractivity contribution in [1.82, 2.24) is 14.9 Å². The largest absolute Gasteiger partial charge is 0.477 e. The van der Waals surface area contributed by atoms with Gasteiger partial charge in [-0.2, -0.15) is 5.26 Å². The topological polar surface area (TPSA) is 110 Å². The number of carbonyl (C=O) groups excluding carboxylic acids is 1. The van der Waals surface area contributed by atoms with Crippen LogP contribution in [0.2, 0.25) is 0 Å². The van der Waals surface area contributed by atoms with Crippen molar-refractivity contribution >= 4 is 11.9 Å². The molecule has 0 bridgehead atoms. The molecule has 1 aromatic rings. The van der Waals surface area contributed by atoms with Crippen molar-refractivity contribution in [3.63, 3.8) is 0 Å². The number of hydrogen-bond acceptors (Lipinski definition) is 4. The number of imidazole rings is 1. The first kappa shape index (κ1) is 13.7. The normalized spacial score (nSPS) is 10.1. The number of H-pyrrole nitrogens is 1. The maximum Gasteiger partial charge on any atom is 0.354 e. The summed E-state index contributed by atoms with van der Waals surface area (Å²) in [5, 5.41) is 17.5. The number of nitriles is 1. The third-order valence-electron chi connectivity index (χ3n) is 2.40. The maximum atomic E-state index is 12.1. The van der Waals surface area contributed by atoms with Crippen LogP contribution in [0.15, 0.2) is 6.33 Å². The van der Waals surface area contributed by atoms with Crippen molar-refractivity contribution < 1.29 is 14.7 Å². The summed E-state index contributed by atoms with van der Waals surface area (Å²) in [5.41, 5.74) is -0.364. The fourth-order valence-electron chi connectivity index (χ4n) is 1.52. The van der Waals surface area contributed by atoms with Crippen LogP contribution in [0.1, 0.15) is 41.2 Å². The van der Waals surface area contributed by atoms with E-state index in [-0.39, 0.29) is 30.4 Å². The Morgan fingerprint density at radius 3 is 2.78 bits per heavy atom. The zero-order chi connectivity index (χ0) is 13.7. The molecule has 0 aliphatic carbocycles. The summed E-state index contributed by atoms with van der Waals surface area (Å²) in [5.74, 6) is -1.72. The number of hydrogen-bond donors (Lipinski definition) is 2. The molecule has 2 N–H and O–H groups in total. The van der Waals surface area contributed by atoms with Gasteiger partial charge in [-0.1, -0.05) is 0 Å². The van der Waals surface area contributed by atoms with Crippen LogP contribution in [-0.4, -0.2) is 44.4 Å². The Morgan fingerprint density at radius 2 is 2.28 bits per heavy atom. The summed E-state index contributed by atoms with van der Waals surface area (Å²) in [6, 6.07) is 1.82. The van der Waals surface area contributed by atoms with Gasteiger partial charge in [0.1, 0.15) is 0 Å². The molecule has 0 atom stereocenters. The number of carboxylic acids is 1. The van der Waals surface area contributed by atoms with Crippen LogP contribution >= 0.6 is 0 Å². The van der Waals surface area contributed by atoms with Crippen molar-refractivity contribution in [2.24, 2.45) is 0 Å². The van der Waals surface area contributed by atoms with Crippen molar-refractivity contribution in [3.8, 4) is 6.07 Å². The average Bonchev–Trinajstić information content (AvgIpc) is 2.77. The smallest absolute Gasteiger partial charge is 0.354 e. The SMILES string of the molecule is CC(C)N(CCC#N)C(=O)c1nc[nH]c1C(=O)O. The van der Waals surface area contributed by atoms with E-state index in [0.29, 0.717) is 0 Å². The molecule has 7 nitrogen and oxygen atoms in total. The van der Waals surface area contributed by atoms with Gasteiger partial charge in [-0.3, -0.25) is 4.79 Å². The molecule has 0 fully saturated rings. The summed E-state index contributed by atoms with van der Waals surface area (Å²) < 4.78 is 0. The summed E-state index contributed by atoms with van der Waals surface area (Å²) in [4.78, 5) is 30.6. The van der Waals surface area contributed by atoms with Crippen LogP contribution in [0.4, 0.5) is 0 Å². The molecule has 0 saturated carbocycles. The highest BCUT2D eigenvalue weighted by Gasteiger charge is 2.25. The molecule has 1 rings (SSSR count). The fraction of sp³-hybridized carbons (Fsp3) is 0.455. The van der Waals surface area contributed by atoms with Crippen LogP contribution in [-0.2, 0) is 0 Å². The molecule has 96 valence electrons. The second-order valence-electron chi connectivity index (χ2n) is 3.93. The van der Waals surface area contributed by atoms with Gasteiger partial charge in [-0.15, -0.1) is 0 Å². The Labute approximate surface area is 104 Å². The zero-order valence-corrected chi connectivity index (χ0v) is 10.2. The van der Waals surface area contributed by atoms with Crippen molar-refractivity contribution in [2.75, 3.05) is 6.54 Å². The minimum Gasteiger partial charge on any atom is -0.477 e. The van der Waals surface area contributed by atoms with Gasteiger partial charge in [0.15, 0.2) is 11.4 Å². The van der Waals surface area contributed by atoms with Gasteiger partial charge in [0.25, 0.3) is 5.91 Å². The Morgan fingerprint density at radius 1 is 1.61 bits per heavy atom. The van der Waals surface area contributed by atoms with E-state index in [2.05, 4.69) is 9.97 Å². The lowest BCUT2D eigenvalue weighted by Crippen LogP contribution is -2.38. The maximum absolute atomic E-state index is 12.1. The predicted molar refractivity (Wildman–Crippen MR) is 61.9 cm³/mol. The number of amides is 1. The monoisotopic (exact) mass is 250 g/mol. The van der Waals surface area contributed by atoms with Crippen molar-refractivity contribution in [1.29, 1.82) is 5.26 Å². The van der Waals surface area contributed by atoms with Gasteiger partial charge in [0.2, 0.25) is 0 Å². The molecule has 18 heavy (non-hydrogen) atoms. The highest BCUT2D eigenvalue weighted by molar-refractivity contribution is 6.02. The van der Waals surface area contributed by atoms with Gasteiger partial charge in [0.05, 0.1) is 18.8 Å². The van der Waals surface area contributed by atoms with Crippen molar-refractivity contribution in [2.45, 2.75) is 26.3 Å². The number of aromatic carboxylic acids is 1. The predicted octanol–water partition coefficient (Wildman–Crippen LogP) is 0.872. The van der Waals surface area contributed by atoms with Crippen LogP contribution < -0.4 is 0 Å². The minimum absolute atomic E-state index is 0.130. The Balaban J connectivity index is 2.99. The third kappa shape index (κ3) is 2.85. The molecule has 0 spiro atoms. The highest BCUT2D eigenvalue weighted by Crippen LogP contribution is 2.10. The molecule has 0 aliphatic heterocycles. The summed E-state index contributed by atoms with van der Waals surface area (Å²) >= 11 is 0. The second-order valence-corrected chi connectivity index (χ2v) is 3.93. The Hall–Kier alpha value is -2.36. The van der Waals surface area contributed by atoms with E-state index in [0.717, 1.165) is 0 Å². The number of rotatable bonds is 5. The third-order valence-corrected chi connectivity index (χ3v) is 2.40. The number of nitrogens with one attached hydrogen (secondary N) is 1. The van der Waals surface area contributed by atoms with E-state index in [1.165, 1.54) is 11.2 Å². The Bertz CT molecular complexity index is 487. The van der Waals surface area contributed by atoms with Gasteiger partial charge in [-0.05, 0) is 13.8 Å². The molecule has 0 radical (unpaired) electrons. The number of carbonyl (C=O) groups is 2.